The second-order valence-electron chi connectivity index (χ2n) is 5.51. The summed E-state index contributed by atoms with van der Waals surface area (Å²) in [6, 6.07) is 0.860. The van der Waals surface area contributed by atoms with Gasteiger partial charge >= 0.3 is 0 Å². The third-order valence-corrected chi connectivity index (χ3v) is 4.27. The molecule has 2 fully saturated rings. The third-order valence-electron chi connectivity index (χ3n) is 4.27. The van der Waals surface area contributed by atoms with Crippen molar-refractivity contribution >= 4 is 0 Å². The fourth-order valence-corrected chi connectivity index (χ4v) is 3.11. The van der Waals surface area contributed by atoms with E-state index in [0.717, 1.165) is 31.0 Å². The average Bonchev–Trinajstić information content (AvgIpc) is 3.13. The topological polar surface area (TPSA) is 29.3 Å². The van der Waals surface area contributed by atoms with Crippen molar-refractivity contribution in [2.45, 2.75) is 44.6 Å². The van der Waals surface area contributed by atoms with E-state index in [1.807, 2.05) is 0 Å². The van der Waals surface area contributed by atoms with Crippen LogP contribution in [0.1, 0.15) is 38.5 Å². The summed E-state index contributed by atoms with van der Waals surface area (Å²) in [5.41, 5.74) is 5.90. The zero-order chi connectivity index (χ0) is 11.4. The van der Waals surface area contributed by atoms with Crippen LogP contribution in [0.4, 0.5) is 0 Å². The Morgan fingerprint density at radius 3 is 2.38 bits per heavy atom. The summed E-state index contributed by atoms with van der Waals surface area (Å²) in [5, 5.41) is 0. The smallest absolute Gasteiger partial charge is 0.0163 e. The van der Waals surface area contributed by atoms with Crippen LogP contribution in [-0.4, -0.2) is 30.6 Å². The predicted molar refractivity (Wildman–Crippen MR) is 69.3 cm³/mol. The van der Waals surface area contributed by atoms with Crippen LogP contribution in [0, 0.1) is 11.8 Å². The minimum absolute atomic E-state index is 0.778. The molecule has 2 heteroatoms. The van der Waals surface area contributed by atoms with Gasteiger partial charge in [-0.15, -0.1) is 6.58 Å². The van der Waals surface area contributed by atoms with Crippen molar-refractivity contribution < 1.29 is 0 Å². The Morgan fingerprint density at radius 2 is 1.81 bits per heavy atom. The Hall–Kier alpha value is -0.340. The van der Waals surface area contributed by atoms with Crippen molar-refractivity contribution in [2.24, 2.45) is 17.6 Å². The Morgan fingerprint density at radius 1 is 1.12 bits per heavy atom. The van der Waals surface area contributed by atoms with Gasteiger partial charge in [-0.05, 0) is 44.1 Å². The quantitative estimate of drug-likeness (QED) is 0.699. The highest BCUT2D eigenvalue weighted by Gasteiger charge is 2.32. The number of rotatable bonds is 6. The van der Waals surface area contributed by atoms with Crippen LogP contribution in [0.15, 0.2) is 12.7 Å². The first-order valence-corrected chi connectivity index (χ1v) is 6.90. The Bertz CT molecular complexity index is 223. The van der Waals surface area contributed by atoms with E-state index in [4.69, 9.17) is 5.73 Å². The molecule has 0 saturated heterocycles. The molecule has 92 valence electrons. The Kier molecular flexibility index (Phi) is 4.42. The van der Waals surface area contributed by atoms with Crippen LogP contribution in [-0.2, 0) is 0 Å². The molecule has 2 saturated carbocycles. The van der Waals surface area contributed by atoms with E-state index < -0.39 is 0 Å². The lowest BCUT2D eigenvalue weighted by Gasteiger charge is -2.34. The monoisotopic (exact) mass is 222 g/mol. The first-order chi connectivity index (χ1) is 7.85. The molecule has 0 aromatic rings. The molecule has 0 aliphatic heterocycles. The van der Waals surface area contributed by atoms with E-state index in [9.17, 15) is 0 Å². The lowest BCUT2D eigenvalue weighted by Crippen LogP contribution is -2.38. The van der Waals surface area contributed by atoms with Gasteiger partial charge in [0, 0.05) is 19.1 Å². The van der Waals surface area contributed by atoms with Crippen LogP contribution >= 0.6 is 0 Å². The maximum Gasteiger partial charge on any atom is 0.0163 e. The highest BCUT2D eigenvalue weighted by molar-refractivity contribution is 4.90. The van der Waals surface area contributed by atoms with Gasteiger partial charge in [0.05, 0.1) is 0 Å². The van der Waals surface area contributed by atoms with Gasteiger partial charge in [0.15, 0.2) is 0 Å². The van der Waals surface area contributed by atoms with E-state index >= 15 is 0 Å². The maximum absolute atomic E-state index is 5.90. The van der Waals surface area contributed by atoms with Crippen molar-refractivity contribution in [3.63, 3.8) is 0 Å². The normalized spacial score (nSPS) is 30.6. The summed E-state index contributed by atoms with van der Waals surface area (Å²) < 4.78 is 0. The van der Waals surface area contributed by atoms with E-state index in [2.05, 4.69) is 17.6 Å². The molecule has 0 bridgehead atoms. The number of nitrogens with zero attached hydrogens (tertiary/aromatic N) is 1. The van der Waals surface area contributed by atoms with Crippen molar-refractivity contribution in [3.8, 4) is 0 Å². The summed E-state index contributed by atoms with van der Waals surface area (Å²) >= 11 is 0. The van der Waals surface area contributed by atoms with Gasteiger partial charge in [0.2, 0.25) is 0 Å². The van der Waals surface area contributed by atoms with Gasteiger partial charge in [-0.25, -0.2) is 0 Å². The number of hydrogen-bond donors (Lipinski definition) is 1. The predicted octanol–water partition coefficient (Wildman–Crippen LogP) is 2.40. The van der Waals surface area contributed by atoms with Crippen molar-refractivity contribution in [2.75, 3.05) is 19.6 Å². The van der Waals surface area contributed by atoms with Crippen LogP contribution in [0.25, 0.3) is 0 Å². The zero-order valence-corrected chi connectivity index (χ0v) is 10.4. The molecule has 2 rings (SSSR count). The fourth-order valence-electron chi connectivity index (χ4n) is 3.11. The van der Waals surface area contributed by atoms with Gasteiger partial charge < -0.3 is 5.73 Å². The van der Waals surface area contributed by atoms with E-state index in [1.165, 1.54) is 45.1 Å². The van der Waals surface area contributed by atoms with Crippen LogP contribution < -0.4 is 5.73 Å². The molecule has 2 aliphatic rings. The molecule has 0 aromatic heterocycles. The Balaban J connectivity index is 1.86. The summed E-state index contributed by atoms with van der Waals surface area (Å²) in [4.78, 5) is 2.63. The van der Waals surface area contributed by atoms with Gasteiger partial charge in [-0.1, -0.05) is 18.9 Å². The molecule has 2 aliphatic carbocycles. The molecule has 0 amide bonds. The molecule has 0 heterocycles. The lowest BCUT2D eigenvalue weighted by atomic mass is 9.79. The number of hydrogen-bond acceptors (Lipinski definition) is 2. The van der Waals surface area contributed by atoms with Crippen LogP contribution in [0.5, 0.6) is 0 Å². The molecule has 0 radical (unpaired) electrons. The van der Waals surface area contributed by atoms with E-state index in [0.29, 0.717) is 0 Å². The molecule has 0 spiro atoms. The zero-order valence-electron chi connectivity index (χ0n) is 10.4. The van der Waals surface area contributed by atoms with Crippen molar-refractivity contribution in [1.29, 1.82) is 0 Å². The third kappa shape index (κ3) is 3.08. The maximum atomic E-state index is 5.90. The molecule has 2 nitrogen and oxygen atoms in total. The van der Waals surface area contributed by atoms with Crippen molar-refractivity contribution in [3.05, 3.63) is 12.7 Å². The van der Waals surface area contributed by atoms with E-state index in [1.54, 1.807) is 0 Å². The summed E-state index contributed by atoms with van der Waals surface area (Å²) in [7, 11) is 0. The summed E-state index contributed by atoms with van der Waals surface area (Å²) in [5.74, 6) is 1.62. The van der Waals surface area contributed by atoms with Crippen LogP contribution in [0.3, 0.4) is 0 Å². The Labute approximate surface area is 99.9 Å². The highest BCUT2D eigenvalue weighted by atomic mass is 15.2. The van der Waals surface area contributed by atoms with Gasteiger partial charge in [-0.2, -0.15) is 0 Å². The summed E-state index contributed by atoms with van der Waals surface area (Å²) in [6.45, 7) is 7.09. The SMILES string of the molecule is C=CCN(CC1CCCCC1CN)C1CC1. The minimum Gasteiger partial charge on any atom is -0.330 e. The first-order valence-electron chi connectivity index (χ1n) is 6.90. The number of nitrogens with two attached hydrogens (primary N) is 1. The van der Waals surface area contributed by atoms with Gasteiger partial charge in [0.1, 0.15) is 0 Å². The van der Waals surface area contributed by atoms with Crippen molar-refractivity contribution in [1.82, 2.24) is 4.90 Å². The highest BCUT2D eigenvalue weighted by Crippen LogP contribution is 2.33. The first kappa shape index (κ1) is 12.1. The van der Waals surface area contributed by atoms with E-state index in [-0.39, 0.29) is 0 Å². The lowest BCUT2D eigenvalue weighted by molar-refractivity contribution is 0.158. The average molecular weight is 222 g/mol. The van der Waals surface area contributed by atoms with Gasteiger partial charge in [-0.3, -0.25) is 4.90 Å². The molecular weight excluding hydrogens is 196 g/mol. The minimum atomic E-state index is 0.778. The van der Waals surface area contributed by atoms with Gasteiger partial charge in [0.25, 0.3) is 0 Å². The molecule has 0 aromatic carbocycles. The molecule has 16 heavy (non-hydrogen) atoms. The fraction of sp³-hybridized carbons (Fsp3) is 0.857. The molecule has 2 atom stereocenters. The second-order valence-corrected chi connectivity index (χ2v) is 5.51. The standard InChI is InChI=1S/C14H26N2/c1-2-9-16(14-7-8-14)11-13-6-4-3-5-12(13)10-15/h2,12-14H,1,3-11,15H2. The molecular formula is C14H26N2. The largest absolute Gasteiger partial charge is 0.330 e. The second kappa shape index (κ2) is 5.83. The molecule has 2 unspecified atom stereocenters. The van der Waals surface area contributed by atoms with Crippen LogP contribution in [0.2, 0.25) is 0 Å². The summed E-state index contributed by atoms with van der Waals surface area (Å²) in [6.07, 6.45) is 10.4. The molecule has 2 N–H and O–H groups in total.